The molecule has 1 unspecified atom stereocenters. The molecule has 1 aromatic rings. The average Bonchev–Trinajstić information content (AvgIpc) is 2.74. The Bertz CT molecular complexity index is 312. The van der Waals surface area contributed by atoms with E-state index in [1.807, 2.05) is 7.05 Å². The molecule has 4 heteroatoms. The number of ether oxygens (including phenoxy) is 1. The van der Waals surface area contributed by atoms with Crippen LogP contribution in [0.15, 0.2) is 16.7 Å². The van der Waals surface area contributed by atoms with Crippen LogP contribution >= 0.6 is 0 Å². The molecule has 1 atom stereocenters. The normalized spacial score (nSPS) is 13.2. The molecule has 0 bridgehead atoms. The van der Waals surface area contributed by atoms with Gasteiger partial charge in [-0.25, -0.2) is 0 Å². The summed E-state index contributed by atoms with van der Waals surface area (Å²) in [4.78, 5) is 2.38. The fraction of sp³-hybridized carbons (Fsp3) is 0.692. The second-order valence-corrected chi connectivity index (χ2v) is 4.27. The topological polar surface area (TPSA) is 37.6 Å². The Labute approximate surface area is 104 Å². The minimum absolute atomic E-state index is 0.419. The third-order valence-electron chi connectivity index (χ3n) is 2.99. The molecule has 1 rings (SSSR count). The number of likely N-dealkylation sites (N-methyl/N-ethyl adjacent to an activating group) is 1. The van der Waals surface area contributed by atoms with Gasteiger partial charge in [-0.1, -0.05) is 6.92 Å². The number of furan rings is 1. The summed E-state index contributed by atoms with van der Waals surface area (Å²) in [6, 6.07) is 2.47. The first-order valence-corrected chi connectivity index (χ1v) is 6.15. The molecular weight excluding hydrogens is 216 g/mol. The van der Waals surface area contributed by atoms with Crippen LogP contribution in [-0.4, -0.2) is 38.3 Å². The summed E-state index contributed by atoms with van der Waals surface area (Å²) in [5.74, 6) is 1.02. The van der Waals surface area contributed by atoms with E-state index in [1.54, 1.807) is 13.4 Å². The Morgan fingerprint density at radius 1 is 1.53 bits per heavy atom. The Morgan fingerprint density at radius 2 is 2.29 bits per heavy atom. The van der Waals surface area contributed by atoms with Crippen LogP contribution in [0.1, 0.15) is 25.2 Å². The van der Waals surface area contributed by atoms with E-state index in [4.69, 9.17) is 9.15 Å². The molecule has 17 heavy (non-hydrogen) atoms. The van der Waals surface area contributed by atoms with Crippen LogP contribution in [0.25, 0.3) is 0 Å². The summed E-state index contributed by atoms with van der Waals surface area (Å²) in [6.45, 7) is 7.81. The van der Waals surface area contributed by atoms with Crippen molar-refractivity contribution in [2.24, 2.45) is 0 Å². The number of rotatable bonds is 8. The van der Waals surface area contributed by atoms with Gasteiger partial charge in [0.05, 0.1) is 19.4 Å². The highest BCUT2D eigenvalue weighted by Crippen LogP contribution is 2.15. The van der Waals surface area contributed by atoms with E-state index in [-0.39, 0.29) is 0 Å². The van der Waals surface area contributed by atoms with E-state index in [2.05, 4.69) is 30.1 Å². The highest BCUT2D eigenvalue weighted by Gasteiger charge is 2.15. The maximum absolute atomic E-state index is 5.47. The van der Waals surface area contributed by atoms with Crippen molar-refractivity contribution in [2.75, 3.05) is 27.3 Å². The quantitative estimate of drug-likeness (QED) is 0.752. The zero-order chi connectivity index (χ0) is 12.7. The van der Waals surface area contributed by atoms with Crippen LogP contribution in [0.3, 0.4) is 0 Å². The number of nitrogens with zero attached hydrogens (tertiary/aromatic N) is 1. The van der Waals surface area contributed by atoms with Gasteiger partial charge >= 0.3 is 0 Å². The zero-order valence-electron chi connectivity index (χ0n) is 11.3. The van der Waals surface area contributed by atoms with Gasteiger partial charge < -0.3 is 14.5 Å². The molecule has 1 N–H and O–H groups in total. The van der Waals surface area contributed by atoms with E-state index >= 15 is 0 Å². The van der Waals surface area contributed by atoms with Crippen LogP contribution < -0.4 is 5.32 Å². The summed E-state index contributed by atoms with van der Waals surface area (Å²) in [7, 11) is 3.67. The Balaban J connectivity index is 2.63. The summed E-state index contributed by atoms with van der Waals surface area (Å²) >= 11 is 0. The standard InChI is InChI=1S/C13H24N2O2/c1-5-15(11(2)10-16-4)9-12-6-7-17-13(12)8-14-3/h6-7,11,14H,5,8-10H2,1-4H3. The lowest BCUT2D eigenvalue weighted by Crippen LogP contribution is -2.35. The molecule has 0 aromatic carbocycles. The fourth-order valence-electron chi connectivity index (χ4n) is 1.97. The van der Waals surface area contributed by atoms with Crippen molar-refractivity contribution in [1.29, 1.82) is 0 Å². The minimum Gasteiger partial charge on any atom is -0.468 e. The fourth-order valence-corrected chi connectivity index (χ4v) is 1.97. The number of nitrogens with one attached hydrogen (secondary N) is 1. The second-order valence-electron chi connectivity index (χ2n) is 4.27. The van der Waals surface area contributed by atoms with Crippen LogP contribution in [0.2, 0.25) is 0 Å². The Hall–Kier alpha value is -0.840. The monoisotopic (exact) mass is 240 g/mol. The predicted molar refractivity (Wildman–Crippen MR) is 68.9 cm³/mol. The molecule has 0 saturated carbocycles. The molecule has 4 nitrogen and oxygen atoms in total. The summed E-state index contributed by atoms with van der Waals surface area (Å²) < 4.78 is 10.7. The van der Waals surface area contributed by atoms with Gasteiger partial charge in [-0.05, 0) is 26.6 Å². The predicted octanol–water partition coefficient (Wildman–Crippen LogP) is 1.86. The van der Waals surface area contributed by atoms with Crippen molar-refractivity contribution < 1.29 is 9.15 Å². The molecular formula is C13H24N2O2. The minimum atomic E-state index is 0.419. The van der Waals surface area contributed by atoms with Gasteiger partial charge in [-0.3, -0.25) is 4.90 Å². The molecule has 1 heterocycles. The summed E-state index contributed by atoms with van der Waals surface area (Å²) in [6.07, 6.45) is 1.76. The number of hydrogen-bond acceptors (Lipinski definition) is 4. The Kier molecular flexibility index (Phi) is 6.26. The third kappa shape index (κ3) is 4.15. The lowest BCUT2D eigenvalue weighted by atomic mass is 10.2. The average molecular weight is 240 g/mol. The van der Waals surface area contributed by atoms with Crippen molar-refractivity contribution in [1.82, 2.24) is 10.2 Å². The van der Waals surface area contributed by atoms with Crippen molar-refractivity contribution >= 4 is 0 Å². The molecule has 0 radical (unpaired) electrons. The van der Waals surface area contributed by atoms with Gasteiger partial charge in [-0.15, -0.1) is 0 Å². The third-order valence-corrected chi connectivity index (χ3v) is 2.99. The van der Waals surface area contributed by atoms with Crippen LogP contribution in [-0.2, 0) is 17.8 Å². The van der Waals surface area contributed by atoms with Gasteiger partial charge in [0.25, 0.3) is 0 Å². The smallest absolute Gasteiger partial charge is 0.122 e. The van der Waals surface area contributed by atoms with Gasteiger partial charge in [0.2, 0.25) is 0 Å². The van der Waals surface area contributed by atoms with Gasteiger partial charge in [0.1, 0.15) is 5.76 Å². The van der Waals surface area contributed by atoms with Gasteiger partial charge in [-0.2, -0.15) is 0 Å². The lowest BCUT2D eigenvalue weighted by molar-refractivity contribution is 0.0978. The molecule has 0 fully saturated rings. The van der Waals surface area contributed by atoms with E-state index in [9.17, 15) is 0 Å². The van der Waals surface area contributed by atoms with Gasteiger partial charge in [0.15, 0.2) is 0 Å². The highest BCUT2D eigenvalue weighted by molar-refractivity contribution is 5.16. The van der Waals surface area contributed by atoms with Crippen LogP contribution in [0.4, 0.5) is 0 Å². The summed E-state index contributed by atoms with van der Waals surface area (Å²) in [5.41, 5.74) is 1.25. The largest absolute Gasteiger partial charge is 0.468 e. The molecule has 1 aromatic heterocycles. The van der Waals surface area contributed by atoms with Crippen LogP contribution in [0, 0.1) is 0 Å². The zero-order valence-corrected chi connectivity index (χ0v) is 11.3. The van der Waals surface area contributed by atoms with Crippen molar-refractivity contribution in [2.45, 2.75) is 33.0 Å². The maximum Gasteiger partial charge on any atom is 0.122 e. The molecule has 98 valence electrons. The molecule has 0 saturated heterocycles. The van der Waals surface area contributed by atoms with E-state index in [1.165, 1.54) is 5.56 Å². The van der Waals surface area contributed by atoms with Crippen LogP contribution in [0.5, 0.6) is 0 Å². The van der Waals surface area contributed by atoms with E-state index in [0.29, 0.717) is 6.04 Å². The van der Waals surface area contributed by atoms with Gasteiger partial charge in [0, 0.05) is 25.3 Å². The Morgan fingerprint density at radius 3 is 2.88 bits per heavy atom. The lowest BCUT2D eigenvalue weighted by Gasteiger charge is -2.27. The van der Waals surface area contributed by atoms with Crippen molar-refractivity contribution in [3.8, 4) is 0 Å². The molecule has 0 aliphatic heterocycles. The molecule has 0 aliphatic rings. The van der Waals surface area contributed by atoms with E-state index < -0.39 is 0 Å². The molecule has 0 aliphatic carbocycles. The SMILES string of the molecule is CCN(Cc1ccoc1CNC)C(C)COC. The first-order valence-electron chi connectivity index (χ1n) is 6.15. The second kappa shape index (κ2) is 7.48. The van der Waals surface area contributed by atoms with Crippen molar-refractivity contribution in [3.63, 3.8) is 0 Å². The highest BCUT2D eigenvalue weighted by atomic mass is 16.5. The first-order chi connectivity index (χ1) is 8.22. The summed E-state index contributed by atoms with van der Waals surface area (Å²) in [5, 5.41) is 3.12. The van der Waals surface area contributed by atoms with Crippen molar-refractivity contribution in [3.05, 3.63) is 23.7 Å². The maximum atomic E-state index is 5.47. The first kappa shape index (κ1) is 14.2. The molecule has 0 amide bonds. The molecule has 0 spiro atoms. The number of methoxy groups -OCH3 is 1. The van der Waals surface area contributed by atoms with E-state index in [0.717, 1.165) is 32.0 Å². The number of hydrogen-bond donors (Lipinski definition) is 1.